The summed E-state index contributed by atoms with van der Waals surface area (Å²) in [6, 6.07) is 6.46. The van der Waals surface area contributed by atoms with Crippen molar-refractivity contribution in [3.05, 3.63) is 39.9 Å². The maximum atomic E-state index is 6.13. The molecule has 114 valence electrons. The predicted octanol–water partition coefficient (Wildman–Crippen LogP) is 3.43. The average molecular weight is 351 g/mol. The number of rotatable bonds is 6. The molecule has 5 heteroatoms. The molecule has 0 spiro atoms. The summed E-state index contributed by atoms with van der Waals surface area (Å²) in [5, 5.41) is 4.65. The van der Waals surface area contributed by atoms with Gasteiger partial charge in [0.15, 0.2) is 5.82 Å². The second kappa shape index (κ2) is 7.18. The Morgan fingerprint density at radius 3 is 2.62 bits per heavy atom. The van der Waals surface area contributed by atoms with Gasteiger partial charge >= 0.3 is 0 Å². The van der Waals surface area contributed by atoms with Gasteiger partial charge in [-0.1, -0.05) is 42.8 Å². The fourth-order valence-electron chi connectivity index (χ4n) is 2.30. The highest BCUT2D eigenvalue weighted by atomic mass is 79.9. The summed E-state index contributed by atoms with van der Waals surface area (Å²) in [7, 11) is 0. The first kappa shape index (κ1) is 16.2. The van der Waals surface area contributed by atoms with E-state index in [2.05, 4.69) is 65.0 Å². The molecule has 2 aromatic rings. The molecule has 1 aromatic carbocycles. The standard InChI is InChI=1S/C16H23BrN4/c1-4-13(18)9-11-7-8-12(17)10-14(11)21-16(6-3)19-15(5-2)20-21/h7-8,10,13H,4-6,9,18H2,1-3H3. The minimum atomic E-state index is 0.171. The zero-order valence-corrected chi connectivity index (χ0v) is 14.5. The number of nitrogens with two attached hydrogens (primary N) is 1. The molecule has 0 bridgehead atoms. The lowest BCUT2D eigenvalue weighted by atomic mass is 10.0. The minimum absolute atomic E-state index is 0.171. The van der Waals surface area contributed by atoms with E-state index in [0.717, 1.165) is 47.5 Å². The second-order valence-corrected chi connectivity index (χ2v) is 6.12. The molecule has 0 aliphatic heterocycles. The van der Waals surface area contributed by atoms with Crippen LogP contribution < -0.4 is 5.73 Å². The van der Waals surface area contributed by atoms with Gasteiger partial charge in [0.05, 0.1) is 5.69 Å². The zero-order valence-electron chi connectivity index (χ0n) is 12.9. The van der Waals surface area contributed by atoms with Crippen molar-refractivity contribution in [3.63, 3.8) is 0 Å². The van der Waals surface area contributed by atoms with E-state index in [1.807, 2.05) is 4.68 Å². The van der Waals surface area contributed by atoms with Crippen molar-refractivity contribution in [2.75, 3.05) is 0 Å². The normalized spacial score (nSPS) is 12.6. The third-order valence-corrected chi connectivity index (χ3v) is 4.13. The molecule has 4 nitrogen and oxygen atoms in total. The first-order valence-electron chi connectivity index (χ1n) is 7.58. The summed E-state index contributed by atoms with van der Waals surface area (Å²) >= 11 is 3.55. The molecular formula is C16H23BrN4. The van der Waals surface area contributed by atoms with Gasteiger partial charge in [-0.05, 0) is 30.5 Å². The Morgan fingerprint density at radius 2 is 2.00 bits per heavy atom. The molecule has 0 aliphatic carbocycles. The van der Waals surface area contributed by atoms with Crippen molar-refractivity contribution < 1.29 is 0 Å². The SMILES string of the molecule is CCc1nc(CC)n(-c2cc(Br)ccc2CC(N)CC)n1. The van der Waals surface area contributed by atoms with E-state index < -0.39 is 0 Å². The van der Waals surface area contributed by atoms with E-state index in [9.17, 15) is 0 Å². The van der Waals surface area contributed by atoms with Gasteiger partial charge in [0.2, 0.25) is 0 Å². The third kappa shape index (κ3) is 3.71. The molecule has 21 heavy (non-hydrogen) atoms. The summed E-state index contributed by atoms with van der Waals surface area (Å²) in [4.78, 5) is 4.60. The van der Waals surface area contributed by atoms with Crippen LogP contribution in [0.2, 0.25) is 0 Å². The number of nitrogens with zero attached hydrogens (tertiary/aromatic N) is 3. The Hall–Kier alpha value is -1.20. The van der Waals surface area contributed by atoms with E-state index in [-0.39, 0.29) is 6.04 Å². The number of halogens is 1. The molecule has 0 aliphatic rings. The Balaban J connectivity index is 2.51. The predicted molar refractivity (Wildman–Crippen MR) is 89.8 cm³/mol. The molecule has 0 saturated heterocycles. The maximum Gasteiger partial charge on any atom is 0.151 e. The first-order chi connectivity index (χ1) is 10.1. The van der Waals surface area contributed by atoms with Crippen LogP contribution in [0.4, 0.5) is 0 Å². The van der Waals surface area contributed by atoms with E-state index >= 15 is 0 Å². The Labute approximate surface area is 134 Å². The van der Waals surface area contributed by atoms with Crippen LogP contribution >= 0.6 is 15.9 Å². The van der Waals surface area contributed by atoms with E-state index in [4.69, 9.17) is 5.73 Å². The number of benzene rings is 1. The second-order valence-electron chi connectivity index (χ2n) is 5.21. The first-order valence-corrected chi connectivity index (χ1v) is 8.37. The summed E-state index contributed by atoms with van der Waals surface area (Å²) in [6.45, 7) is 6.30. The topological polar surface area (TPSA) is 56.7 Å². The Morgan fingerprint density at radius 1 is 1.24 bits per heavy atom. The smallest absolute Gasteiger partial charge is 0.151 e. The molecule has 1 atom stereocenters. The van der Waals surface area contributed by atoms with Crippen molar-refractivity contribution >= 4 is 15.9 Å². The summed E-state index contributed by atoms with van der Waals surface area (Å²) in [5.41, 5.74) is 8.43. The van der Waals surface area contributed by atoms with Gasteiger partial charge in [0, 0.05) is 23.4 Å². The molecule has 2 rings (SSSR count). The van der Waals surface area contributed by atoms with Gasteiger partial charge < -0.3 is 5.73 Å². The van der Waals surface area contributed by atoms with Gasteiger partial charge in [0.1, 0.15) is 5.82 Å². The summed E-state index contributed by atoms with van der Waals surface area (Å²) in [5.74, 6) is 1.88. The average Bonchev–Trinajstić information content (AvgIpc) is 2.92. The van der Waals surface area contributed by atoms with Crippen LogP contribution in [0.1, 0.15) is 44.4 Å². The molecule has 0 amide bonds. The van der Waals surface area contributed by atoms with Crippen LogP contribution in [0.3, 0.4) is 0 Å². The van der Waals surface area contributed by atoms with Gasteiger partial charge in [-0.15, -0.1) is 0 Å². The van der Waals surface area contributed by atoms with Crippen molar-refractivity contribution in [3.8, 4) is 5.69 Å². The number of hydrogen-bond acceptors (Lipinski definition) is 3. The zero-order chi connectivity index (χ0) is 15.4. The summed E-state index contributed by atoms with van der Waals surface area (Å²) < 4.78 is 3.02. The molecule has 1 heterocycles. The van der Waals surface area contributed by atoms with Crippen LogP contribution in [-0.4, -0.2) is 20.8 Å². The van der Waals surface area contributed by atoms with Crippen molar-refractivity contribution in [2.45, 2.75) is 52.5 Å². The number of hydrogen-bond donors (Lipinski definition) is 1. The number of aryl methyl sites for hydroxylation is 2. The highest BCUT2D eigenvalue weighted by Crippen LogP contribution is 2.23. The van der Waals surface area contributed by atoms with E-state index in [1.165, 1.54) is 5.56 Å². The lowest BCUT2D eigenvalue weighted by Gasteiger charge is -2.15. The van der Waals surface area contributed by atoms with E-state index in [0.29, 0.717) is 0 Å². The van der Waals surface area contributed by atoms with Crippen molar-refractivity contribution in [1.82, 2.24) is 14.8 Å². The monoisotopic (exact) mass is 350 g/mol. The fraction of sp³-hybridized carbons (Fsp3) is 0.500. The lowest BCUT2D eigenvalue weighted by molar-refractivity contribution is 0.640. The number of aromatic nitrogens is 3. The van der Waals surface area contributed by atoms with Gasteiger partial charge in [-0.25, -0.2) is 9.67 Å². The Bertz CT molecular complexity index is 606. The molecule has 0 saturated carbocycles. The van der Waals surface area contributed by atoms with Crippen molar-refractivity contribution in [1.29, 1.82) is 0 Å². The van der Waals surface area contributed by atoms with Crippen LogP contribution in [0, 0.1) is 0 Å². The maximum absolute atomic E-state index is 6.13. The third-order valence-electron chi connectivity index (χ3n) is 3.63. The quantitative estimate of drug-likeness (QED) is 0.867. The summed E-state index contributed by atoms with van der Waals surface area (Å²) in [6.07, 6.45) is 3.52. The van der Waals surface area contributed by atoms with Crippen LogP contribution in [0.15, 0.2) is 22.7 Å². The van der Waals surface area contributed by atoms with Crippen LogP contribution in [0.5, 0.6) is 0 Å². The van der Waals surface area contributed by atoms with Crippen LogP contribution in [0.25, 0.3) is 5.69 Å². The highest BCUT2D eigenvalue weighted by molar-refractivity contribution is 9.10. The molecule has 0 fully saturated rings. The molecule has 0 radical (unpaired) electrons. The molecule has 2 N–H and O–H groups in total. The fourth-order valence-corrected chi connectivity index (χ4v) is 2.65. The minimum Gasteiger partial charge on any atom is -0.327 e. The molecule has 1 unspecified atom stereocenters. The van der Waals surface area contributed by atoms with E-state index in [1.54, 1.807) is 0 Å². The van der Waals surface area contributed by atoms with Gasteiger partial charge in [-0.2, -0.15) is 5.10 Å². The Kier molecular flexibility index (Phi) is 5.53. The lowest BCUT2D eigenvalue weighted by Crippen LogP contribution is -2.22. The van der Waals surface area contributed by atoms with Crippen molar-refractivity contribution in [2.24, 2.45) is 5.73 Å². The van der Waals surface area contributed by atoms with Gasteiger partial charge in [-0.3, -0.25) is 0 Å². The van der Waals surface area contributed by atoms with Crippen LogP contribution in [-0.2, 0) is 19.3 Å². The molecule has 1 aromatic heterocycles. The highest BCUT2D eigenvalue weighted by Gasteiger charge is 2.14. The van der Waals surface area contributed by atoms with Gasteiger partial charge in [0.25, 0.3) is 0 Å². The molecular weight excluding hydrogens is 328 g/mol. The largest absolute Gasteiger partial charge is 0.327 e.